The van der Waals surface area contributed by atoms with Gasteiger partial charge in [0.2, 0.25) is 0 Å². The molecular weight excluding hydrogens is 324 g/mol. The number of ether oxygens (including phenoxy) is 3. The van der Waals surface area contributed by atoms with Crippen LogP contribution >= 0.6 is 0 Å². The molecule has 5 saturated carbocycles. The lowest BCUT2D eigenvalue weighted by atomic mass is 9.48. The van der Waals surface area contributed by atoms with Crippen molar-refractivity contribution in [2.75, 3.05) is 19.8 Å². The van der Waals surface area contributed by atoms with E-state index in [4.69, 9.17) is 14.2 Å². The van der Waals surface area contributed by atoms with Crippen LogP contribution in [-0.2, 0) is 10.2 Å². The summed E-state index contributed by atoms with van der Waals surface area (Å²) >= 11 is 0. The second kappa shape index (κ2) is 5.89. The van der Waals surface area contributed by atoms with Gasteiger partial charge in [-0.15, -0.1) is 0 Å². The Balaban J connectivity index is 1.30. The minimum absolute atomic E-state index is 0.300. The first-order chi connectivity index (χ1) is 12.8. The number of hydrogen-bond donors (Lipinski definition) is 0. The minimum atomic E-state index is 0.300. The Bertz CT molecular complexity index is 653. The van der Waals surface area contributed by atoms with E-state index in [1.807, 2.05) is 0 Å². The molecule has 7 rings (SSSR count). The van der Waals surface area contributed by atoms with Crippen LogP contribution in [0.25, 0.3) is 0 Å². The second-order valence-electron chi connectivity index (χ2n) is 9.88. The third-order valence-electron chi connectivity index (χ3n) is 7.57. The van der Waals surface area contributed by atoms with Crippen molar-refractivity contribution in [1.29, 1.82) is 0 Å². The highest BCUT2D eigenvalue weighted by molar-refractivity contribution is 5.46. The molecule has 26 heavy (non-hydrogen) atoms. The third kappa shape index (κ3) is 2.93. The van der Waals surface area contributed by atoms with E-state index in [0.717, 1.165) is 48.4 Å². The molecule has 0 aromatic heterocycles. The lowest BCUT2D eigenvalue weighted by Crippen LogP contribution is -2.48. The fraction of sp³-hybridized carbons (Fsp3) is 0.739. The maximum absolute atomic E-state index is 6.40. The van der Waals surface area contributed by atoms with E-state index >= 15 is 0 Å². The lowest BCUT2D eigenvalue weighted by molar-refractivity contribution is -0.00645. The van der Waals surface area contributed by atoms with Crippen LogP contribution in [0.2, 0.25) is 0 Å². The molecule has 5 aliphatic carbocycles. The summed E-state index contributed by atoms with van der Waals surface area (Å²) in [5.74, 6) is 5.72. The van der Waals surface area contributed by atoms with Gasteiger partial charge in [-0.25, -0.2) is 0 Å². The Morgan fingerprint density at radius 3 is 2.23 bits per heavy atom. The van der Waals surface area contributed by atoms with Gasteiger partial charge in [0.15, 0.2) is 0 Å². The molecule has 0 amide bonds. The summed E-state index contributed by atoms with van der Waals surface area (Å²) in [5.41, 5.74) is 1.87. The Kier molecular flexibility index (Phi) is 3.58. The Morgan fingerprint density at radius 2 is 1.62 bits per heavy atom. The van der Waals surface area contributed by atoms with Crippen LogP contribution in [0.15, 0.2) is 18.2 Å². The van der Waals surface area contributed by atoms with Gasteiger partial charge in [0, 0.05) is 11.6 Å². The molecule has 3 nitrogen and oxygen atoms in total. The highest BCUT2D eigenvalue weighted by Gasteiger charge is 2.52. The SMILES string of the molecule is c1cc(C23CC4CC(CC(C4)C2)C3)c(OCC2CC2)cc1OCC1CO1. The van der Waals surface area contributed by atoms with Crippen LogP contribution in [0.4, 0.5) is 0 Å². The van der Waals surface area contributed by atoms with Crippen molar-refractivity contribution >= 4 is 0 Å². The van der Waals surface area contributed by atoms with E-state index in [9.17, 15) is 0 Å². The van der Waals surface area contributed by atoms with Crippen LogP contribution in [0.1, 0.15) is 56.9 Å². The summed E-state index contributed by atoms with van der Waals surface area (Å²) in [5, 5.41) is 0. The van der Waals surface area contributed by atoms with Gasteiger partial charge in [-0.05, 0) is 86.5 Å². The third-order valence-corrected chi connectivity index (χ3v) is 7.57. The predicted molar refractivity (Wildman–Crippen MR) is 99.7 cm³/mol. The molecule has 0 radical (unpaired) electrons. The van der Waals surface area contributed by atoms with Gasteiger partial charge in [0.1, 0.15) is 24.2 Å². The molecule has 140 valence electrons. The molecule has 1 aromatic carbocycles. The van der Waals surface area contributed by atoms with E-state index in [1.165, 1.54) is 56.9 Å². The number of benzene rings is 1. The van der Waals surface area contributed by atoms with E-state index in [2.05, 4.69) is 18.2 Å². The monoisotopic (exact) mass is 354 g/mol. The largest absolute Gasteiger partial charge is 0.493 e. The van der Waals surface area contributed by atoms with Crippen LogP contribution in [-0.4, -0.2) is 25.9 Å². The van der Waals surface area contributed by atoms with Crippen LogP contribution in [0, 0.1) is 23.7 Å². The standard InChI is InChI=1S/C23H30O3/c1-2-15(1)12-26-22-8-19(24-13-20-14-25-20)3-4-21(22)23-9-16-5-17(10-23)7-18(6-16)11-23/h3-4,8,15-18,20H,1-2,5-7,9-14H2. The molecule has 0 N–H and O–H groups in total. The Hall–Kier alpha value is -1.22. The van der Waals surface area contributed by atoms with Crippen LogP contribution in [0.3, 0.4) is 0 Å². The van der Waals surface area contributed by atoms with Gasteiger partial charge in [-0.3, -0.25) is 0 Å². The number of epoxide rings is 1. The van der Waals surface area contributed by atoms with E-state index in [1.54, 1.807) is 0 Å². The summed E-state index contributed by atoms with van der Waals surface area (Å²) in [6, 6.07) is 6.71. The highest BCUT2D eigenvalue weighted by atomic mass is 16.6. The maximum Gasteiger partial charge on any atom is 0.126 e. The first-order valence-corrected chi connectivity index (χ1v) is 10.8. The summed E-state index contributed by atoms with van der Waals surface area (Å²) < 4.78 is 17.6. The summed E-state index contributed by atoms with van der Waals surface area (Å²) in [4.78, 5) is 0. The zero-order chi connectivity index (χ0) is 17.1. The molecule has 6 fully saturated rings. The molecule has 1 unspecified atom stereocenters. The van der Waals surface area contributed by atoms with Gasteiger partial charge in [0.25, 0.3) is 0 Å². The van der Waals surface area contributed by atoms with Crippen molar-refractivity contribution in [3.05, 3.63) is 23.8 Å². The fourth-order valence-electron chi connectivity index (χ4n) is 6.44. The second-order valence-corrected chi connectivity index (χ2v) is 9.88. The molecule has 1 heterocycles. The van der Waals surface area contributed by atoms with E-state index in [0.29, 0.717) is 18.1 Å². The Labute approximate surface area is 156 Å². The molecule has 4 bridgehead atoms. The van der Waals surface area contributed by atoms with Gasteiger partial charge in [0.05, 0.1) is 13.2 Å². The van der Waals surface area contributed by atoms with Gasteiger partial charge in [-0.2, -0.15) is 0 Å². The topological polar surface area (TPSA) is 31.0 Å². The maximum atomic E-state index is 6.40. The van der Waals surface area contributed by atoms with Crippen molar-refractivity contribution in [1.82, 2.24) is 0 Å². The molecular formula is C23H30O3. The quantitative estimate of drug-likeness (QED) is 0.664. The van der Waals surface area contributed by atoms with Crippen molar-refractivity contribution in [3.63, 3.8) is 0 Å². The molecule has 1 atom stereocenters. The smallest absolute Gasteiger partial charge is 0.126 e. The number of hydrogen-bond acceptors (Lipinski definition) is 3. The summed E-state index contributed by atoms with van der Waals surface area (Å²) in [7, 11) is 0. The minimum Gasteiger partial charge on any atom is -0.493 e. The average molecular weight is 354 g/mol. The summed E-state index contributed by atoms with van der Waals surface area (Å²) in [6.45, 7) is 2.39. The molecule has 3 heteroatoms. The lowest BCUT2D eigenvalue weighted by Gasteiger charge is -2.57. The van der Waals surface area contributed by atoms with E-state index < -0.39 is 0 Å². The normalized spacial score (nSPS) is 39.8. The molecule has 0 spiro atoms. The first-order valence-electron chi connectivity index (χ1n) is 10.8. The zero-order valence-corrected chi connectivity index (χ0v) is 15.6. The van der Waals surface area contributed by atoms with Crippen LogP contribution < -0.4 is 9.47 Å². The fourth-order valence-corrected chi connectivity index (χ4v) is 6.44. The van der Waals surface area contributed by atoms with Gasteiger partial charge in [-0.1, -0.05) is 6.07 Å². The summed E-state index contributed by atoms with van der Waals surface area (Å²) in [6.07, 6.45) is 11.6. The van der Waals surface area contributed by atoms with Crippen molar-refractivity contribution in [2.45, 2.75) is 62.9 Å². The molecule has 1 aromatic rings. The van der Waals surface area contributed by atoms with Crippen LogP contribution in [0.5, 0.6) is 11.5 Å². The van der Waals surface area contributed by atoms with Crippen molar-refractivity contribution in [3.8, 4) is 11.5 Å². The predicted octanol–water partition coefficient (Wildman–Crippen LogP) is 4.72. The average Bonchev–Trinajstić information content (AvgIpc) is 3.52. The van der Waals surface area contributed by atoms with Gasteiger partial charge >= 0.3 is 0 Å². The van der Waals surface area contributed by atoms with Gasteiger partial charge < -0.3 is 14.2 Å². The molecule has 1 saturated heterocycles. The van der Waals surface area contributed by atoms with Crippen molar-refractivity contribution < 1.29 is 14.2 Å². The zero-order valence-electron chi connectivity index (χ0n) is 15.6. The first kappa shape index (κ1) is 15.8. The molecule has 1 aliphatic heterocycles. The molecule has 6 aliphatic rings. The highest BCUT2D eigenvalue weighted by Crippen LogP contribution is 2.62. The van der Waals surface area contributed by atoms with Crippen molar-refractivity contribution in [2.24, 2.45) is 23.7 Å². The Morgan fingerprint density at radius 1 is 0.923 bits per heavy atom. The number of rotatable bonds is 7. The van der Waals surface area contributed by atoms with E-state index in [-0.39, 0.29) is 0 Å².